The first-order valence-corrected chi connectivity index (χ1v) is 5.86. The van der Waals surface area contributed by atoms with Crippen molar-refractivity contribution >= 4 is 17.7 Å². The fourth-order valence-electron chi connectivity index (χ4n) is 2.12. The Labute approximate surface area is 104 Å². The van der Waals surface area contributed by atoms with Gasteiger partial charge in [0.15, 0.2) is 11.6 Å². The molecule has 98 valence electrons. The van der Waals surface area contributed by atoms with E-state index >= 15 is 0 Å². The summed E-state index contributed by atoms with van der Waals surface area (Å²) in [5, 5.41) is 2.86. The Kier molecular flexibility index (Phi) is 3.59. The zero-order chi connectivity index (χ0) is 13.1. The number of halogens is 1. The van der Waals surface area contributed by atoms with Crippen LogP contribution < -0.4 is 16.0 Å². The van der Waals surface area contributed by atoms with Crippen LogP contribution in [0.5, 0.6) is 0 Å². The van der Waals surface area contributed by atoms with Crippen molar-refractivity contribution in [2.45, 2.75) is 25.8 Å². The Morgan fingerprint density at radius 3 is 2.83 bits per heavy atom. The maximum absolute atomic E-state index is 13.6. The number of amides is 1. The average molecular weight is 253 g/mol. The van der Waals surface area contributed by atoms with Gasteiger partial charge in [-0.25, -0.2) is 9.37 Å². The van der Waals surface area contributed by atoms with Gasteiger partial charge in [0.1, 0.15) is 0 Å². The molecule has 6 nitrogen and oxygen atoms in total. The first kappa shape index (κ1) is 12.5. The number of carbonyl (C=O) groups excluding carboxylic acids is 1. The highest BCUT2D eigenvalue weighted by molar-refractivity contribution is 5.73. The van der Waals surface area contributed by atoms with Crippen molar-refractivity contribution in [2.75, 3.05) is 23.7 Å². The van der Waals surface area contributed by atoms with E-state index in [9.17, 15) is 9.18 Å². The number of nitrogens with two attached hydrogens (primary N) is 1. The van der Waals surface area contributed by atoms with Crippen LogP contribution in [0.2, 0.25) is 0 Å². The van der Waals surface area contributed by atoms with Crippen molar-refractivity contribution in [3.8, 4) is 0 Å². The fraction of sp³-hybridized carbons (Fsp3) is 0.545. The minimum Gasteiger partial charge on any atom is -0.368 e. The summed E-state index contributed by atoms with van der Waals surface area (Å²) >= 11 is 0. The number of nitrogens with one attached hydrogen (secondary N) is 1. The van der Waals surface area contributed by atoms with Gasteiger partial charge in [0.05, 0.1) is 6.20 Å². The van der Waals surface area contributed by atoms with E-state index in [0.717, 1.165) is 19.0 Å². The molecule has 0 bridgehead atoms. The molecule has 18 heavy (non-hydrogen) atoms. The van der Waals surface area contributed by atoms with Crippen LogP contribution in [0.25, 0.3) is 0 Å². The van der Waals surface area contributed by atoms with Crippen LogP contribution in [0.15, 0.2) is 6.20 Å². The molecule has 0 unspecified atom stereocenters. The Bertz CT molecular complexity index is 445. The molecule has 1 aliphatic heterocycles. The Balaban J connectivity index is 2.01. The molecular weight excluding hydrogens is 237 g/mol. The third kappa shape index (κ3) is 2.85. The molecule has 3 N–H and O–H groups in total. The third-order valence-electron chi connectivity index (χ3n) is 2.95. The second-order valence-electron chi connectivity index (χ2n) is 4.36. The Morgan fingerprint density at radius 2 is 2.22 bits per heavy atom. The van der Waals surface area contributed by atoms with Gasteiger partial charge in [-0.05, 0) is 12.8 Å². The van der Waals surface area contributed by atoms with Gasteiger partial charge in [0.25, 0.3) is 0 Å². The van der Waals surface area contributed by atoms with E-state index in [0.29, 0.717) is 13.1 Å². The van der Waals surface area contributed by atoms with Crippen molar-refractivity contribution in [1.29, 1.82) is 0 Å². The van der Waals surface area contributed by atoms with Gasteiger partial charge < -0.3 is 16.0 Å². The fourth-order valence-corrected chi connectivity index (χ4v) is 2.12. The predicted molar refractivity (Wildman–Crippen MR) is 65.5 cm³/mol. The summed E-state index contributed by atoms with van der Waals surface area (Å²) in [6.45, 7) is 2.77. The van der Waals surface area contributed by atoms with Crippen molar-refractivity contribution in [3.05, 3.63) is 12.0 Å². The van der Waals surface area contributed by atoms with E-state index in [-0.39, 0.29) is 23.7 Å². The van der Waals surface area contributed by atoms with Crippen LogP contribution in [-0.4, -0.2) is 35.0 Å². The zero-order valence-electron chi connectivity index (χ0n) is 10.2. The molecule has 0 spiro atoms. The van der Waals surface area contributed by atoms with Crippen molar-refractivity contribution in [2.24, 2.45) is 0 Å². The van der Waals surface area contributed by atoms with Crippen molar-refractivity contribution < 1.29 is 9.18 Å². The molecule has 1 saturated heterocycles. The van der Waals surface area contributed by atoms with Gasteiger partial charge in [-0.1, -0.05) is 0 Å². The van der Waals surface area contributed by atoms with Crippen LogP contribution in [0.4, 0.5) is 16.2 Å². The summed E-state index contributed by atoms with van der Waals surface area (Å²) in [7, 11) is 0. The average Bonchev–Trinajstić information content (AvgIpc) is 2.33. The lowest BCUT2D eigenvalue weighted by atomic mass is 10.1. The SMILES string of the molecule is CC(=O)NC1CCN(c2nc(N)ncc2F)CC1. The first-order valence-electron chi connectivity index (χ1n) is 5.86. The normalized spacial score (nSPS) is 16.7. The molecular formula is C11H16FN5O. The summed E-state index contributed by atoms with van der Waals surface area (Å²) in [5.41, 5.74) is 5.45. The maximum Gasteiger partial charge on any atom is 0.222 e. The lowest BCUT2D eigenvalue weighted by Gasteiger charge is -2.33. The minimum absolute atomic E-state index is 0.0362. The van der Waals surface area contributed by atoms with E-state index in [1.165, 1.54) is 6.92 Å². The van der Waals surface area contributed by atoms with E-state index in [4.69, 9.17) is 5.73 Å². The highest BCUT2D eigenvalue weighted by Crippen LogP contribution is 2.21. The number of aromatic nitrogens is 2. The van der Waals surface area contributed by atoms with Gasteiger partial charge in [0.2, 0.25) is 11.9 Å². The van der Waals surface area contributed by atoms with E-state index in [2.05, 4.69) is 15.3 Å². The lowest BCUT2D eigenvalue weighted by molar-refractivity contribution is -0.119. The second-order valence-corrected chi connectivity index (χ2v) is 4.36. The summed E-state index contributed by atoms with van der Waals surface area (Å²) < 4.78 is 13.6. The minimum atomic E-state index is -0.470. The molecule has 7 heteroatoms. The summed E-state index contributed by atoms with van der Waals surface area (Å²) in [4.78, 5) is 20.3. The van der Waals surface area contributed by atoms with Crippen LogP contribution in [0, 0.1) is 5.82 Å². The number of hydrogen-bond donors (Lipinski definition) is 2. The van der Waals surface area contributed by atoms with Crippen LogP contribution in [-0.2, 0) is 4.79 Å². The zero-order valence-corrected chi connectivity index (χ0v) is 10.2. The number of rotatable bonds is 2. The predicted octanol–water partition coefficient (Wildman–Crippen LogP) is 0.303. The van der Waals surface area contributed by atoms with Gasteiger partial charge in [-0.2, -0.15) is 4.98 Å². The molecule has 1 amide bonds. The van der Waals surface area contributed by atoms with E-state index < -0.39 is 5.82 Å². The van der Waals surface area contributed by atoms with Gasteiger partial charge in [-0.15, -0.1) is 0 Å². The topological polar surface area (TPSA) is 84.1 Å². The summed E-state index contributed by atoms with van der Waals surface area (Å²) in [6, 6.07) is 0.154. The Morgan fingerprint density at radius 1 is 1.56 bits per heavy atom. The quantitative estimate of drug-likeness (QED) is 0.792. The molecule has 1 aromatic heterocycles. The van der Waals surface area contributed by atoms with Crippen LogP contribution >= 0.6 is 0 Å². The number of carbonyl (C=O) groups is 1. The number of nitrogens with zero attached hydrogens (tertiary/aromatic N) is 3. The third-order valence-corrected chi connectivity index (χ3v) is 2.95. The van der Waals surface area contributed by atoms with E-state index in [1.807, 2.05) is 4.90 Å². The Hall–Kier alpha value is -1.92. The monoisotopic (exact) mass is 253 g/mol. The molecule has 2 heterocycles. The molecule has 0 atom stereocenters. The second kappa shape index (κ2) is 5.16. The summed E-state index contributed by atoms with van der Waals surface area (Å²) in [5.74, 6) is -0.202. The number of piperidine rings is 1. The molecule has 0 aromatic carbocycles. The number of nitrogen functional groups attached to an aromatic ring is 1. The van der Waals surface area contributed by atoms with Crippen LogP contribution in [0.1, 0.15) is 19.8 Å². The van der Waals surface area contributed by atoms with Crippen molar-refractivity contribution in [1.82, 2.24) is 15.3 Å². The lowest BCUT2D eigenvalue weighted by Crippen LogP contribution is -2.44. The molecule has 2 rings (SSSR count). The standard InChI is InChI=1S/C11H16FN5O/c1-7(18)15-8-2-4-17(5-3-8)10-9(12)6-14-11(13)16-10/h6,8H,2-5H2,1H3,(H,15,18)(H2,13,14,16). The van der Waals surface area contributed by atoms with Gasteiger partial charge in [-0.3, -0.25) is 4.79 Å². The molecule has 0 saturated carbocycles. The van der Waals surface area contributed by atoms with Crippen molar-refractivity contribution in [3.63, 3.8) is 0 Å². The highest BCUT2D eigenvalue weighted by Gasteiger charge is 2.22. The number of anilines is 2. The van der Waals surface area contributed by atoms with Crippen LogP contribution in [0.3, 0.4) is 0 Å². The molecule has 1 fully saturated rings. The summed E-state index contributed by atoms with van der Waals surface area (Å²) in [6.07, 6.45) is 2.61. The number of hydrogen-bond acceptors (Lipinski definition) is 5. The smallest absolute Gasteiger partial charge is 0.222 e. The molecule has 1 aromatic rings. The highest BCUT2D eigenvalue weighted by atomic mass is 19.1. The van der Waals surface area contributed by atoms with E-state index in [1.54, 1.807) is 0 Å². The van der Waals surface area contributed by atoms with Gasteiger partial charge in [0, 0.05) is 26.1 Å². The molecule has 1 aliphatic rings. The maximum atomic E-state index is 13.6. The molecule has 0 radical (unpaired) electrons. The molecule has 0 aliphatic carbocycles. The van der Waals surface area contributed by atoms with Gasteiger partial charge >= 0.3 is 0 Å². The largest absolute Gasteiger partial charge is 0.368 e. The first-order chi connectivity index (χ1) is 8.56.